The van der Waals surface area contributed by atoms with Gasteiger partial charge in [-0.3, -0.25) is 9.36 Å². The highest BCUT2D eigenvalue weighted by molar-refractivity contribution is 5.49. The van der Waals surface area contributed by atoms with Gasteiger partial charge >= 0.3 is 6.01 Å². The molecule has 0 aliphatic carbocycles. The molecule has 1 fully saturated rings. The molecule has 6 rings (SSSR count). The normalized spacial score (nSPS) is 19.7. The minimum absolute atomic E-state index is 0.242. The van der Waals surface area contributed by atoms with Crippen LogP contribution in [0.25, 0.3) is 0 Å². The molecule has 200 valence electrons. The summed E-state index contributed by atoms with van der Waals surface area (Å²) in [5, 5.41) is 0. The predicted octanol–water partition coefficient (Wildman–Crippen LogP) is 4.63. The number of methoxy groups -OCH3 is 2. The molecule has 3 aromatic carbocycles. The lowest BCUT2D eigenvalue weighted by atomic mass is 9.80. The molecule has 4 aromatic rings. The van der Waals surface area contributed by atoms with Crippen LogP contribution in [0.1, 0.15) is 34.9 Å². The topological polar surface area (TPSA) is 81.0 Å². The summed E-state index contributed by atoms with van der Waals surface area (Å²) in [6.45, 7) is 1.98. The molecule has 8 nitrogen and oxygen atoms in total. The van der Waals surface area contributed by atoms with Gasteiger partial charge in [-0.1, -0.05) is 54.6 Å². The monoisotopic (exact) mass is 526 g/mol. The van der Waals surface area contributed by atoms with Gasteiger partial charge in [0.1, 0.15) is 35.5 Å². The molecule has 3 atom stereocenters. The summed E-state index contributed by atoms with van der Waals surface area (Å²) >= 11 is 0. The summed E-state index contributed by atoms with van der Waals surface area (Å²) in [4.78, 5) is 16.3. The number of fused-ring (bicyclic) bond motifs is 4. The Morgan fingerprint density at radius 1 is 0.897 bits per heavy atom. The number of rotatable bonds is 8. The maximum atomic E-state index is 12.1. The second-order valence-corrected chi connectivity index (χ2v) is 9.76. The van der Waals surface area contributed by atoms with Crippen molar-refractivity contribution in [2.24, 2.45) is 0 Å². The van der Waals surface area contributed by atoms with E-state index in [1.165, 1.54) is 0 Å². The first-order valence-electron chi connectivity index (χ1n) is 12.9. The largest absolute Gasteiger partial charge is 0.497 e. The number of hydrogen-bond donors (Lipinski definition) is 0. The fourth-order valence-electron chi connectivity index (χ4n) is 5.41. The van der Waals surface area contributed by atoms with Crippen LogP contribution >= 0.6 is 0 Å². The van der Waals surface area contributed by atoms with Gasteiger partial charge in [-0.25, -0.2) is 0 Å². The first-order valence-corrected chi connectivity index (χ1v) is 12.9. The summed E-state index contributed by atoms with van der Waals surface area (Å²) in [6.07, 6.45) is 1.47. The summed E-state index contributed by atoms with van der Waals surface area (Å²) in [7, 11) is 3.30. The van der Waals surface area contributed by atoms with Crippen molar-refractivity contribution >= 4 is 0 Å². The van der Waals surface area contributed by atoms with E-state index in [0.717, 1.165) is 28.2 Å². The van der Waals surface area contributed by atoms with E-state index >= 15 is 0 Å². The van der Waals surface area contributed by atoms with Crippen LogP contribution in [0.2, 0.25) is 0 Å². The van der Waals surface area contributed by atoms with Crippen molar-refractivity contribution in [1.82, 2.24) is 9.55 Å². The second-order valence-electron chi connectivity index (χ2n) is 9.76. The van der Waals surface area contributed by atoms with Crippen molar-refractivity contribution in [2.75, 3.05) is 20.8 Å². The van der Waals surface area contributed by atoms with Crippen LogP contribution in [0.4, 0.5) is 0 Å². The molecule has 1 saturated heterocycles. The van der Waals surface area contributed by atoms with Gasteiger partial charge in [0.2, 0.25) is 0 Å². The molecule has 39 heavy (non-hydrogen) atoms. The molecule has 0 saturated carbocycles. The number of aryl methyl sites for hydroxylation is 1. The second kappa shape index (κ2) is 10.2. The zero-order chi connectivity index (χ0) is 27.0. The highest BCUT2D eigenvalue weighted by Crippen LogP contribution is 2.44. The highest BCUT2D eigenvalue weighted by atomic mass is 16.6. The Kier molecular flexibility index (Phi) is 6.58. The zero-order valence-electron chi connectivity index (χ0n) is 22.1. The van der Waals surface area contributed by atoms with E-state index in [9.17, 15) is 4.79 Å². The maximum absolute atomic E-state index is 12.1. The number of aromatic nitrogens is 2. The Bertz CT molecular complexity index is 1450. The van der Waals surface area contributed by atoms with Crippen LogP contribution in [-0.4, -0.2) is 42.6 Å². The summed E-state index contributed by atoms with van der Waals surface area (Å²) in [6, 6.07) is 26.2. The van der Waals surface area contributed by atoms with Gasteiger partial charge in [0.15, 0.2) is 0 Å². The molecule has 0 spiro atoms. The third kappa shape index (κ3) is 4.45. The smallest absolute Gasteiger partial charge is 0.302 e. The van der Waals surface area contributed by atoms with Crippen molar-refractivity contribution in [2.45, 2.75) is 37.4 Å². The summed E-state index contributed by atoms with van der Waals surface area (Å²) < 4.78 is 32.2. The third-order valence-corrected chi connectivity index (χ3v) is 7.47. The van der Waals surface area contributed by atoms with Gasteiger partial charge in [-0.2, -0.15) is 4.98 Å². The van der Waals surface area contributed by atoms with Crippen molar-refractivity contribution < 1.29 is 23.7 Å². The van der Waals surface area contributed by atoms with E-state index in [1.807, 2.05) is 66.7 Å². The van der Waals surface area contributed by atoms with Gasteiger partial charge < -0.3 is 23.7 Å². The zero-order valence-corrected chi connectivity index (χ0v) is 22.1. The molecule has 0 amide bonds. The summed E-state index contributed by atoms with van der Waals surface area (Å²) in [5.74, 6) is 1.51. The fraction of sp³-hybridized carbons (Fsp3) is 0.290. The molecule has 2 bridgehead atoms. The third-order valence-electron chi connectivity index (χ3n) is 7.47. The number of hydrogen-bond acceptors (Lipinski definition) is 7. The fourth-order valence-corrected chi connectivity index (χ4v) is 5.41. The van der Waals surface area contributed by atoms with Gasteiger partial charge in [-0.15, -0.1) is 0 Å². The Morgan fingerprint density at radius 2 is 1.49 bits per heavy atom. The average Bonchev–Trinajstić information content (AvgIpc) is 3.32. The Labute approximate surface area is 226 Å². The molecule has 0 radical (unpaired) electrons. The molecule has 2 aliphatic heterocycles. The minimum Gasteiger partial charge on any atom is -0.497 e. The van der Waals surface area contributed by atoms with Crippen LogP contribution in [0.3, 0.4) is 0 Å². The lowest BCUT2D eigenvalue weighted by Crippen LogP contribution is -2.39. The molecule has 8 heteroatoms. The molecular weight excluding hydrogens is 496 g/mol. The van der Waals surface area contributed by atoms with E-state index in [2.05, 4.69) is 17.1 Å². The van der Waals surface area contributed by atoms with E-state index in [0.29, 0.717) is 12.0 Å². The quantitative estimate of drug-likeness (QED) is 0.310. The van der Waals surface area contributed by atoms with Gasteiger partial charge in [0, 0.05) is 18.2 Å². The Balaban J connectivity index is 1.40. The molecule has 2 aliphatic rings. The molecule has 1 aromatic heterocycles. The molecule has 1 unspecified atom stereocenters. The van der Waals surface area contributed by atoms with Gasteiger partial charge in [0.25, 0.3) is 5.56 Å². The van der Waals surface area contributed by atoms with Crippen molar-refractivity contribution in [3.05, 3.63) is 118 Å². The maximum Gasteiger partial charge on any atom is 0.302 e. The van der Waals surface area contributed by atoms with E-state index in [-0.39, 0.29) is 36.6 Å². The molecule has 0 N–H and O–H groups in total. The minimum atomic E-state index is -0.961. The van der Waals surface area contributed by atoms with E-state index in [1.54, 1.807) is 31.9 Å². The Hall–Kier alpha value is -4.14. The van der Waals surface area contributed by atoms with Crippen molar-refractivity contribution in [1.29, 1.82) is 0 Å². The first-order chi connectivity index (χ1) is 19.0. The lowest BCUT2D eigenvalue weighted by Gasteiger charge is -2.37. The van der Waals surface area contributed by atoms with E-state index in [4.69, 9.17) is 23.7 Å². The number of nitrogens with zero attached hydrogens (tertiary/aromatic N) is 2. The number of ether oxygens (including phenoxy) is 5. The SMILES string of the molecule is COc1ccc(C(OC[C@H]2O[C@@H]3CC2Oc2nc(=O)c(C)cn23)(c2ccccc2)c2ccc(OC)cc2)cc1. The molecule has 3 heterocycles. The molecular formula is C31H30N2O6. The first kappa shape index (κ1) is 25.2. The van der Waals surface area contributed by atoms with Crippen molar-refractivity contribution in [3.8, 4) is 17.5 Å². The van der Waals surface area contributed by atoms with E-state index < -0.39 is 5.60 Å². The van der Waals surface area contributed by atoms with Crippen LogP contribution in [0.5, 0.6) is 17.5 Å². The average molecular weight is 527 g/mol. The van der Waals surface area contributed by atoms with Crippen LogP contribution < -0.4 is 19.8 Å². The van der Waals surface area contributed by atoms with Crippen molar-refractivity contribution in [3.63, 3.8) is 0 Å². The highest BCUT2D eigenvalue weighted by Gasteiger charge is 2.46. The van der Waals surface area contributed by atoms with Crippen LogP contribution in [0, 0.1) is 6.92 Å². The van der Waals surface area contributed by atoms with Gasteiger partial charge in [0.05, 0.1) is 20.8 Å². The van der Waals surface area contributed by atoms with Gasteiger partial charge in [-0.05, 0) is 47.9 Å². The Morgan fingerprint density at radius 3 is 2.08 bits per heavy atom. The number of benzene rings is 3. The lowest BCUT2D eigenvalue weighted by molar-refractivity contribution is -0.0816. The van der Waals surface area contributed by atoms with Crippen LogP contribution in [-0.2, 0) is 15.1 Å². The van der Waals surface area contributed by atoms with Crippen LogP contribution in [0.15, 0.2) is 89.9 Å². The summed E-state index contributed by atoms with van der Waals surface area (Å²) in [5.41, 5.74) is 2.13. The predicted molar refractivity (Wildman–Crippen MR) is 144 cm³/mol. The standard InChI is InChI=1S/C31H30N2O6/c1-20-18-33-28-17-26(39-30(33)32-29(20)34)27(38-28)19-37-31(21-7-5-4-6-8-21,22-9-13-24(35-2)14-10-22)23-11-15-25(36-3)16-12-23/h4-16,18,26-28H,17,19H2,1-3H3/t26?,27-,28-/m1/s1.